The summed E-state index contributed by atoms with van der Waals surface area (Å²) in [7, 11) is 0. The van der Waals surface area contributed by atoms with Gasteiger partial charge in [-0.05, 0) is 25.5 Å². The van der Waals surface area contributed by atoms with Crippen molar-refractivity contribution in [3.8, 4) is 22.5 Å². The van der Waals surface area contributed by atoms with Gasteiger partial charge in [0.15, 0.2) is 0 Å². The summed E-state index contributed by atoms with van der Waals surface area (Å²) in [6, 6.07) is 17.1. The van der Waals surface area contributed by atoms with Gasteiger partial charge < -0.3 is 4.90 Å². The van der Waals surface area contributed by atoms with E-state index < -0.39 is 0 Å². The Labute approximate surface area is 136 Å². The summed E-state index contributed by atoms with van der Waals surface area (Å²) in [6.07, 6.45) is 0. The van der Waals surface area contributed by atoms with Crippen LogP contribution in [0, 0.1) is 0 Å². The van der Waals surface area contributed by atoms with Crippen LogP contribution < -0.4 is 4.90 Å². The van der Waals surface area contributed by atoms with Crippen molar-refractivity contribution in [2.24, 2.45) is 0 Å². The minimum Gasteiger partial charge on any atom is -0.367 e. The van der Waals surface area contributed by atoms with Crippen LogP contribution in [0.25, 0.3) is 22.5 Å². The molecule has 0 spiro atoms. The molecule has 1 aliphatic heterocycles. The molecule has 2 aromatic carbocycles. The minimum atomic E-state index is 0.816. The van der Waals surface area contributed by atoms with Crippen molar-refractivity contribution in [3.05, 3.63) is 54.1 Å². The molecule has 4 nitrogen and oxygen atoms in total. The fourth-order valence-electron chi connectivity index (χ4n) is 3.39. The number of hydrogen-bond donors (Lipinski definition) is 0. The van der Waals surface area contributed by atoms with Crippen LogP contribution in [0.15, 0.2) is 48.5 Å². The molecule has 0 amide bonds. The van der Waals surface area contributed by atoms with Crippen LogP contribution in [-0.4, -0.2) is 21.5 Å². The van der Waals surface area contributed by atoms with Gasteiger partial charge >= 0.3 is 0 Å². The molecule has 0 radical (unpaired) electrons. The van der Waals surface area contributed by atoms with E-state index in [-0.39, 0.29) is 0 Å². The Kier molecular flexibility index (Phi) is 3.37. The summed E-state index contributed by atoms with van der Waals surface area (Å²) >= 11 is 0. The van der Waals surface area contributed by atoms with Gasteiger partial charge in [0, 0.05) is 36.4 Å². The predicted octanol–water partition coefficient (Wildman–Crippen LogP) is 3.97. The number of fused-ring (bicyclic) bond motifs is 5. The van der Waals surface area contributed by atoms with Crippen molar-refractivity contribution in [3.63, 3.8) is 0 Å². The summed E-state index contributed by atoms with van der Waals surface area (Å²) in [6.45, 7) is 6.99. The van der Waals surface area contributed by atoms with Gasteiger partial charge in [-0.3, -0.25) is 0 Å². The van der Waals surface area contributed by atoms with Gasteiger partial charge in [0.05, 0.1) is 5.69 Å². The monoisotopic (exact) mass is 304 g/mol. The number of hydrogen-bond acceptors (Lipinski definition) is 3. The van der Waals surface area contributed by atoms with Crippen molar-refractivity contribution in [2.45, 2.75) is 26.9 Å². The summed E-state index contributed by atoms with van der Waals surface area (Å²) in [5, 5.41) is 8.92. The van der Waals surface area contributed by atoms with E-state index in [2.05, 4.69) is 77.6 Å². The SMILES string of the molecule is CCN1Cc2ccccc2-c2c(nnn2CC)-c2ccccc21. The van der Waals surface area contributed by atoms with E-state index in [9.17, 15) is 0 Å². The van der Waals surface area contributed by atoms with Crippen molar-refractivity contribution in [2.75, 3.05) is 11.4 Å². The molecular weight excluding hydrogens is 284 g/mol. The molecule has 0 unspecified atom stereocenters. The fourth-order valence-corrected chi connectivity index (χ4v) is 3.39. The topological polar surface area (TPSA) is 34.0 Å². The van der Waals surface area contributed by atoms with Gasteiger partial charge in [-0.2, -0.15) is 0 Å². The molecule has 0 saturated carbocycles. The van der Waals surface area contributed by atoms with Gasteiger partial charge in [-0.1, -0.05) is 47.7 Å². The van der Waals surface area contributed by atoms with Crippen LogP contribution in [0.2, 0.25) is 0 Å². The summed E-state index contributed by atoms with van der Waals surface area (Å²) in [5.41, 5.74) is 7.07. The highest BCUT2D eigenvalue weighted by Crippen LogP contribution is 2.40. The molecular formula is C19H20N4. The molecule has 4 rings (SSSR count). The smallest absolute Gasteiger partial charge is 0.123 e. The second-order valence-electron chi connectivity index (χ2n) is 5.79. The highest BCUT2D eigenvalue weighted by atomic mass is 15.4. The number of aromatic nitrogens is 3. The van der Waals surface area contributed by atoms with Gasteiger partial charge in [-0.25, -0.2) is 4.68 Å². The van der Waals surface area contributed by atoms with Crippen molar-refractivity contribution in [1.82, 2.24) is 15.0 Å². The van der Waals surface area contributed by atoms with Gasteiger partial charge in [0.25, 0.3) is 0 Å². The van der Waals surface area contributed by atoms with Crippen molar-refractivity contribution in [1.29, 1.82) is 0 Å². The number of aryl methyl sites for hydroxylation is 1. The number of para-hydroxylation sites is 1. The van der Waals surface area contributed by atoms with E-state index >= 15 is 0 Å². The number of nitrogens with zero attached hydrogens (tertiary/aromatic N) is 4. The molecule has 1 aromatic heterocycles. The lowest BCUT2D eigenvalue weighted by Crippen LogP contribution is -2.24. The van der Waals surface area contributed by atoms with E-state index in [1.54, 1.807) is 0 Å². The summed E-state index contributed by atoms with van der Waals surface area (Å²) < 4.78 is 2.01. The van der Waals surface area contributed by atoms with E-state index in [4.69, 9.17) is 0 Å². The Morgan fingerprint density at radius 1 is 0.913 bits per heavy atom. The Hall–Kier alpha value is -2.62. The van der Waals surface area contributed by atoms with E-state index in [0.717, 1.165) is 31.0 Å². The highest BCUT2D eigenvalue weighted by Gasteiger charge is 2.25. The Balaban J connectivity index is 2.08. The molecule has 0 fully saturated rings. The zero-order valence-electron chi connectivity index (χ0n) is 13.5. The molecule has 2 heterocycles. The third kappa shape index (κ3) is 2.13. The fraction of sp³-hybridized carbons (Fsp3) is 0.263. The van der Waals surface area contributed by atoms with E-state index in [1.807, 2.05) is 4.68 Å². The van der Waals surface area contributed by atoms with Crippen LogP contribution >= 0.6 is 0 Å². The van der Waals surface area contributed by atoms with Gasteiger partial charge in [0.1, 0.15) is 5.69 Å². The first-order chi connectivity index (χ1) is 11.3. The maximum atomic E-state index is 4.52. The zero-order valence-corrected chi connectivity index (χ0v) is 13.5. The van der Waals surface area contributed by atoms with Crippen molar-refractivity contribution >= 4 is 5.69 Å². The number of benzene rings is 2. The summed E-state index contributed by atoms with van der Waals surface area (Å²) in [4.78, 5) is 2.40. The lowest BCUT2D eigenvalue weighted by molar-refractivity contribution is 0.632. The maximum absolute atomic E-state index is 4.52. The molecule has 23 heavy (non-hydrogen) atoms. The first-order valence-corrected chi connectivity index (χ1v) is 8.19. The van der Waals surface area contributed by atoms with Gasteiger partial charge in [-0.15, -0.1) is 5.10 Å². The predicted molar refractivity (Wildman–Crippen MR) is 93.3 cm³/mol. The Bertz CT molecular complexity index is 850. The normalized spacial score (nSPS) is 12.9. The molecule has 0 bridgehead atoms. The average molecular weight is 304 g/mol. The Morgan fingerprint density at radius 3 is 2.43 bits per heavy atom. The standard InChI is InChI=1S/C19H20N4/c1-3-22-13-14-9-5-6-10-15(14)19-18(20-21-23(19)4-2)16-11-7-8-12-17(16)22/h5-12H,3-4,13H2,1-2H3. The lowest BCUT2D eigenvalue weighted by Gasteiger charge is -2.29. The highest BCUT2D eigenvalue weighted by molar-refractivity contribution is 5.87. The van der Waals surface area contributed by atoms with Gasteiger partial charge in [0.2, 0.25) is 0 Å². The molecule has 0 N–H and O–H groups in total. The average Bonchev–Trinajstić information content (AvgIpc) is 3.02. The Morgan fingerprint density at radius 2 is 1.65 bits per heavy atom. The molecule has 0 atom stereocenters. The molecule has 116 valence electrons. The van der Waals surface area contributed by atoms with Crippen LogP contribution in [-0.2, 0) is 13.1 Å². The lowest BCUT2D eigenvalue weighted by atomic mass is 9.95. The molecule has 3 aromatic rings. The third-order valence-electron chi connectivity index (χ3n) is 4.55. The second-order valence-corrected chi connectivity index (χ2v) is 5.79. The first kappa shape index (κ1) is 14.0. The van der Waals surface area contributed by atoms with Crippen LogP contribution in [0.1, 0.15) is 19.4 Å². The number of rotatable bonds is 2. The van der Waals surface area contributed by atoms with Crippen molar-refractivity contribution < 1.29 is 0 Å². The van der Waals surface area contributed by atoms with Crippen LogP contribution in [0.5, 0.6) is 0 Å². The molecule has 4 heteroatoms. The molecule has 0 aliphatic carbocycles. The summed E-state index contributed by atoms with van der Waals surface area (Å²) in [5.74, 6) is 0. The quantitative estimate of drug-likeness (QED) is 0.718. The van der Waals surface area contributed by atoms with E-state index in [1.165, 1.54) is 22.4 Å². The van der Waals surface area contributed by atoms with E-state index in [0.29, 0.717) is 0 Å². The number of anilines is 1. The van der Waals surface area contributed by atoms with Crippen LogP contribution in [0.4, 0.5) is 5.69 Å². The molecule has 0 saturated heterocycles. The largest absolute Gasteiger partial charge is 0.367 e. The molecule has 1 aliphatic rings. The third-order valence-corrected chi connectivity index (χ3v) is 4.55. The van der Waals surface area contributed by atoms with Crippen LogP contribution in [0.3, 0.4) is 0 Å². The minimum absolute atomic E-state index is 0.816. The maximum Gasteiger partial charge on any atom is 0.123 e. The zero-order chi connectivity index (χ0) is 15.8. The second kappa shape index (κ2) is 5.54. The first-order valence-electron chi connectivity index (χ1n) is 8.19.